The fourth-order valence-electron chi connectivity index (χ4n) is 3.19. The third-order valence-electron chi connectivity index (χ3n) is 4.51. The van der Waals surface area contributed by atoms with Crippen LogP contribution in [0.2, 0.25) is 0 Å². The van der Waals surface area contributed by atoms with E-state index in [-0.39, 0.29) is 0 Å². The minimum atomic E-state index is -0.615. The number of esters is 1. The van der Waals surface area contributed by atoms with Gasteiger partial charge >= 0.3 is 12.1 Å². The van der Waals surface area contributed by atoms with E-state index in [0.29, 0.717) is 18.7 Å². The molecule has 0 N–H and O–H groups in total. The van der Waals surface area contributed by atoms with Gasteiger partial charge in [-0.1, -0.05) is 36.4 Å². The molecular formula is C24H26N2O4. The Hall–Kier alpha value is -3.41. The van der Waals surface area contributed by atoms with Crippen LogP contribution in [0.15, 0.2) is 60.8 Å². The monoisotopic (exact) mass is 406 g/mol. The Morgan fingerprint density at radius 2 is 1.63 bits per heavy atom. The van der Waals surface area contributed by atoms with Gasteiger partial charge in [-0.25, -0.2) is 9.59 Å². The number of benzene rings is 2. The summed E-state index contributed by atoms with van der Waals surface area (Å²) < 4.78 is 10.5. The first-order chi connectivity index (χ1) is 14.3. The van der Waals surface area contributed by atoms with Gasteiger partial charge in [-0.05, 0) is 55.3 Å². The summed E-state index contributed by atoms with van der Waals surface area (Å²) in [5, 5.41) is 1.67. The van der Waals surface area contributed by atoms with E-state index in [1.54, 1.807) is 17.2 Å². The van der Waals surface area contributed by atoms with Crippen LogP contribution >= 0.6 is 0 Å². The summed E-state index contributed by atoms with van der Waals surface area (Å²) in [6.07, 6.45) is 1.28. The molecule has 1 aromatic heterocycles. The van der Waals surface area contributed by atoms with Gasteiger partial charge in [0.15, 0.2) is 0 Å². The Bertz CT molecular complexity index is 1040. The van der Waals surface area contributed by atoms with Gasteiger partial charge in [0.2, 0.25) is 0 Å². The summed E-state index contributed by atoms with van der Waals surface area (Å²) in [4.78, 5) is 31.0. The van der Waals surface area contributed by atoms with Gasteiger partial charge < -0.3 is 9.47 Å². The van der Waals surface area contributed by atoms with E-state index in [4.69, 9.17) is 9.47 Å². The van der Waals surface area contributed by atoms with Crippen LogP contribution in [0.1, 0.15) is 42.4 Å². The molecule has 0 bridgehead atoms. The van der Waals surface area contributed by atoms with Crippen molar-refractivity contribution < 1.29 is 19.1 Å². The van der Waals surface area contributed by atoms with Crippen molar-refractivity contribution in [3.05, 3.63) is 77.6 Å². The van der Waals surface area contributed by atoms with Crippen LogP contribution < -0.4 is 0 Å². The van der Waals surface area contributed by atoms with Crippen LogP contribution in [-0.2, 0) is 22.6 Å². The number of amides is 1. The smallest absolute Gasteiger partial charge is 0.410 e. The lowest BCUT2D eigenvalue weighted by atomic mass is 9.99. The van der Waals surface area contributed by atoms with Crippen LogP contribution in [0.5, 0.6) is 0 Å². The number of nitrogens with zero attached hydrogens (tertiary/aromatic N) is 2. The van der Waals surface area contributed by atoms with Gasteiger partial charge in [-0.2, -0.15) is 0 Å². The fourth-order valence-corrected chi connectivity index (χ4v) is 3.19. The molecule has 156 valence electrons. The lowest BCUT2D eigenvalue weighted by Gasteiger charge is -2.28. The van der Waals surface area contributed by atoms with Crippen molar-refractivity contribution >= 4 is 22.8 Å². The van der Waals surface area contributed by atoms with Crippen molar-refractivity contribution in [2.45, 2.75) is 39.5 Å². The third-order valence-corrected chi connectivity index (χ3v) is 4.51. The average molecular weight is 406 g/mol. The minimum Gasteiger partial charge on any atom is -0.465 e. The molecule has 0 fully saturated rings. The summed E-state index contributed by atoms with van der Waals surface area (Å²) >= 11 is 0. The molecule has 0 atom stereocenters. The molecule has 0 saturated carbocycles. The number of aromatic nitrogens is 1. The second kappa shape index (κ2) is 8.95. The number of rotatable bonds is 5. The van der Waals surface area contributed by atoms with Crippen molar-refractivity contribution in [1.29, 1.82) is 0 Å². The molecule has 0 aliphatic carbocycles. The zero-order valence-electron chi connectivity index (χ0n) is 17.7. The molecule has 3 rings (SSSR count). The molecular weight excluding hydrogens is 380 g/mol. The highest BCUT2D eigenvalue weighted by Gasteiger charge is 2.24. The zero-order valence-corrected chi connectivity index (χ0v) is 17.7. The molecule has 2 aromatic carbocycles. The van der Waals surface area contributed by atoms with Gasteiger partial charge in [-0.15, -0.1) is 0 Å². The number of methoxy groups -OCH3 is 1. The third kappa shape index (κ3) is 5.14. The summed E-state index contributed by atoms with van der Waals surface area (Å²) in [7, 11) is 1.36. The fraction of sp³-hybridized carbons (Fsp3) is 0.292. The number of hydrogen-bond acceptors (Lipinski definition) is 5. The summed E-state index contributed by atoms with van der Waals surface area (Å²) in [5.41, 5.74) is 1.54. The summed E-state index contributed by atoms with van der Waals surface area (Å²) in [5.74, 6) is -0.393. The van der Waals surface area contributed by atoms with E-state index in [1.165, 1.54) is 7.11 Å². The Morgan fingerprint density at radius 3 is 2.27 bits per heavy atom. The van der Waals surface area contributed by atoms with E-state index >= 15 is 0 Å². The van der Waals surface area contributed by atoms with E-state index in [2.05, 4.69) is 4.98 Å². The maximum atomic E-state index is 12.9. The number of ether oxygens (including phenoxy) is 2. The van der Waals surface area contributed by atoms with E-state index in [0.717, 1.165) is 22.0 Å². The maximum absolute atomic E-state index is 12.9. The highest BCUT2D eigenvalue weighted by atomic mass is 16.6. The molecule has 0 spiro atoms. The number of carbonyl (C=O) groups excluding carboxylic acids is 2. The average Bonchev–Trinajstić information content (AvgIpc) is 2.72. The Balaban J connectivity index is 1.98. The highest BCUT2D eigenvalue weighted by molar-refractivity contribution is 6.05. The SMILES string of the molecule is COC(=O)c1ccc(CN(Cc2ccccn2)C(=O)OC(C)(C)C)c2ccccc12. The molecule has 0 aliphatic rings. The molecule has 0 aliphatic heterocycles. The topological polar surface area (TPSA) is 68.7 Å². The normalized spacial score (nSPS) is 11.2. The van der Waals surface area contributed by atoms with E-state index < -0.39 is 17.7 Å². The number of hydrogen-bond donors (Lipinski definition) is 0. The Labute approximate surface area is 176 Å². The second-order valence-electron chi connectivity index (χ2n) is 7.97. The standard InChI is InChI=1S/C24H26N2O4/c1-24(2,3)30-23(28)26(16-18-9-7-8-14-25-18)15-17-12-13-21(22(27)29-4)20-11-6-5-10-19(17)20/h5-14H,15-16H2,1-4H3. The van der Waals surface area contributed by atoms with Crippen LogP contribution in [0.4, 0.5) is 4.79 Å². The molecule has 3 aromatic rings. The molecule has 0 saturated heterocycles. The van der Waals surface area contributed by atoms with Crippen LogP contribution in [0, 0.1) is 0 Å². The van der Waals surface area contributed by atoms with Crippen LogP contribution in [-0.4, -0.2) is 34.7 Å². The van der Waals surface area contributed by atoms with Crippen molar-refractivity contribution in [3.63, 3.8) is 0 Å². The number of carbonyl (C=O) groups is 2. The first-order valence-electron chi connectivity index (χ1n) is 9.75. The maximum Gasteiger partial charge on any atom is 0.410 e. The van der Waals surface area contributed by atoms with Crippen LogP contribution in [0.3, 0.4) is 0 Å². The second-order valence-corrected chi connectivity index (χ2v) is 7.97. The predicted octanol–water partition coefficient (Wildman–Crippen LogP) is 4.96. The molecule has 6 heteroatoms. The Morgan fingerprint density at radius 1 is 0.933 bits per heavy atom. The minimum absolute atomic E-state index is 0.308. The van der Waals surface area contributed by atoms with Gasteiger partial charge in [0.1, 0.15) is 5.60 Å². The van der Waals surface area contributed by atoms with Crippen molar-refractivity contribution in [2.75, 3.05) is 7.11 Å². The van der Waals surface area contributed by atoms with Gasteiger partial charge in [0, 0.05) is 6.20 Å². The molecule has 1 amide bonds. The quantitative estimate of drug-likeness (QED) is 0.560. The van der Waals surface area contributed by atoms with E-state index in [9.17, 15) is 9.59 Å². The molecule has 6 nitrogen and oxygen atoms in total. The van der Waals surface area contributed by atoms with Crippen molar-refractivity contribution in [3.8, 4) is 0 Å². The summed E-state index contributed by atoms with van der Waals surface area (Å²) in [6.45, 7) is 6.13. The molecule has 30 heavy (non-hydrogen) atoms. The highest BCUT2D eigenvalue weighted by Crippen LogP contribution is 2.26. The predicted molar refractivity (Wildman–Crippen MR) is 115 cm³/mol. The lowest BCUT2D eigenvalue weighted by molar-refractivity contribution is 0.0214. The first-order valence-corrected chi connectivity index (χ1v) is 9.75. The lowest BCUT2D eigenvalue weighted by Crippen LogP contribution is -2.36. The van der Waals surface area contributed by atoms with Crippen molar-refractivity contribution in [1.82, 2.24) is 9.88 Å². The molecule has 1 heterocycles. The zero-order chi connectivity index (χ0) is 21.7. The van der Waals surface area contributed by atoms with Gasteiger partial charge in [-0.3, -0.25) is 9.88 Å². The Kier molecular flexibility index (Phi) is 6.35. The first kappa shape index (κ1) is 21.3. The van der Waals surface area contributed by atoms with E-state index in [1.807, 2.05) is 69.3 Å². The van der Waals surface area contributed by atoms with Gasteiger partial charge in [0.05, 0.1) is 31.5 Å². The van der Waals surface area contributed by atoms with Crippen molar-refractivity contribution in [2.24, 2.45) is 0 Å². The number of pyridine rings is 1. The van der Waals surface area contributed by atoms with Crippen LogP contribution in [0.25, 0.3) is 10.8 Å². The largest absolute Gasteiger partial charge is 0.465 e. The summed E-state index contributed by atoms with van der Waals surface area (Å²) in [6, 6.07) is 16.8. The number of fused-ring (bicyclic) bond motifs is 1. The van der Waals surface area contributed by atoms with Gasteiger partial charge in [0.25, 0.3) is 0 Å². The molecule has 0 radical (unpaired) electrons. The molecule has 0 unspecified atom stereocenters.